The Hall–Kier alpha value is -5.81. The van der Waals surface area contributed by atoms with E-state index in [2.05, 4.69) is 13.5 Å². The number of hydrogen-bond acceptors (Lipinski definition) is 9. The van der Waals surface area contributed by atoms with Gasteiger partial charge in [-0.1, -0.05) is 61.2 Å². The number of allylic oxidation sites excluding steroid dienone is 1. The first-order valence-electron chi connectivity index (χ1n) is 16.1. The maximum atomic E-state index is 14.4. The van der Waals surface area contributed by atoms with E-state index < -0.39 is 18.0 Å². The molecule has 0 bridgehead atoms. The van der Waals surface area contributed by atoms with Crippen LogP contribution in [-0.4, -0.2) is 46.6 Å². The molecule has 0 saturated heterocycles. The van der Waals surface area contributed by atoms with E-state index in [1.54, 1.807) is 35.9 Å². The number of carbonyl (C=O) groups is 2. The van der Waals surface area contributed by atoms with E-state index in [0.717, 1.165) is 34.5 Å². The molecule has 3 heterocycles. The standard InChI is InChI=1S/C39H36N4O6S/c1-6-19-48-31-18-17-28(21-24(31)3)34-29(23-42(41-34)30-11-9-8-10-12-30)22-32-36(44)43-35(26-13-15-27(16-14-26)37(45)47-5)33(38(46)49-20-7-2)25(4)40-39(43)50-32/h7-18,21-23,35H,2,6,19-20H2,1,3-5H3/b32-22-. The van der Waals surface area contributed by atoms with Gasteiger partial charge in [0, 0.05) is 17.3 Å². The highest BCUT2D eigenvalue weighted by atomic mass is 32.1. The molecule has 0 amide bonds. The van der Waals surface area contributed by atoms with Gasteiger partial charge in [-0.05, 0) is 79.9 Å². The number of fused-ring (bicyclic) bond motifs is 1. The Morgan fingerprint density at radius 3 is 2.46 bits per heavy atom. The second-order valence-corrected chi connectivity index (χ2v) is 12.6. The molecule has 50 heavy (non-hydrogen) atoms. The van der Waals surface area contributed by atoms with E-state index in [9.17, 15) is 14.4 Å². The Kier molecular flexibility index (Phi) is 10.1. The molecule has 0 radical (unpaired) electrons. The Morgan fingerprint density at radius 2 is 1.78 bits per heavy atom. The van der Waals surface area contributed by atoms with Gasteiger partial charge >= 0.3 is 11.9 Å². The number of carbonyl (C=O) groups excluding carboxylic acids is 2. The molecule has 0 fully saturated rings. The third-order valence-corrected chi connectivity index (χ3v) is 9.16. The van der Waals surface area contributed by atoms with Crippen LogP contribution in [0.5, 0.6) is 5.75 Å². The Morgan fingerprint density at radius 1 is 1.02 bits per heavy atom. The van der Waals surface area contributed by atoms with Crippen LogP contribution in [-0.2, 0) is 14.3 Å². The van der Waals surface area contributed by atoms with E-state index in [1.807, 2.05) is 67.7 Å². The molecule has 5 aromatic rings. The summed E-state index contributed by atoms with van der Waals surface area (Å²) in [6.07, 6.45) is 6.09. The molecule has 1 unspecified atom stereocenters. The summed E-state index contributed by atoms with van der Waals surface area (Å²) in [5.74, 6) is -0.302. The predicted molar refractivity (Wildman–Crippen MR) is 192 cm³/mol. The molecule has 0 spiro atoms. The number of thiazole rings is 1. The second-order valence-electron chi connectivity index (χ2n) is 11.6. The maximum absolute atomic E-state index is 14.4. The molecular formula is C39H36N4O6S. The number of ether oxygens (including phenoxy) is 3. The molecule has 0 N–H and O–H groups in total. The number of methoxy groups -OCH3 is 1. The zero-order valence-electron chi connectivity index (χ0n) is 28.2. The minimum absolute atomic E-state index is 0.00655. The fourth-order valence-electron chi connectivity index (χ4n) is 5.77. The quantitative estimate of drug-likeness (QED) is 0.129. The number of aryl methyl sites for hydroxylation is 1. The van der Waals surface area contributed by atoms with Crippen molar-refractivity contribution < 1.29 is 23.8 Å². The van der Waals surface area contributed by atoms with Crippen molar-refractivity contribution in [2.75, 3.05) is 20.3 Å². The fraction of sp³-hybridized carbons (Fsp3) is 0.205. The number of aromatic nitrogens is 3. The van der Waals surface area contributed by atoms with Crippen molar-refractivity contribution in [3.8, 4) is 22.7 Å². The first kappa shape index (κ1) is 34.1. The fourth-order valence-corrected chi connectivity index (χ4v) is 6.81. The molecule has 1 aliphatic heterocycles. The predicted octanol–water partition coefficient (Wildman–Crippen LogP) is 5.70. The summed E-state index contributed by atoms with van der Waals surface area (Å²) < 4.78 is 19.9. The normalized spacial score (nSPS) is 14.2. The third-order valence-electron chi connectivity index (χ3n) is 8.18. The molecule has 10 nitrogen and oxygen atoms in total. The van der Waals surface area contributed by atoms with Crippen molar-refractivity contribution in [1.82, 2.24) is 14.3 Å². The van der Waals surface area contributed by atoms with E-state index in [0.29, 0.717) is 38.5 Å². The number of esters is 2. The molecule has 1 atom stereocenters. The highest BCUT2D eigenvalue weighted by molar-refractivity contribution is 7.07. The van der Waals surface area contributed by atoms with Crippen LogP contribution < -0.4 is 19.6 Å². The summed E-state index contributed by atoms with van der Waals surface area (Å²) in [5.41, 5.74) is 5.35. The highest BCUT2D eigenvalue weighted by Crippen LogP contribution is 2.32. The summed E-state index contributed by atoms with van der Waals surface area (Å²) in [6.45, 7) is 10.0. The molecule has 2 aromatic heterocycles. The first-order valence-corrected chi connectivity index (χ1v) is 16.9. The number of hydrogen-bond donors (Lipinski definition) is 0. The van der Waals surface area contributed by atoms with Gasteiger partial charge in [-0.25, -0.2) is 19.3 Å². The molecular weight excluding hydrogens is 653 g/mol. The van der Waals surface area contributed by atoms with E-state index in [1.165, 1.54) is 29.1 Å². The minimum Gasteiger partial charge on any atom is -0.493 e. The molecule has 0 aliphatic carbocycles. The summed E-state index contributed by atoms with van der Waals surface area (Å²) in [6, 6.07) is 21.4. The van der Waals surface area contributed by atoms with Gasteiger partial charge in [0.2, 0.25) is 0 Å². The largest absolute Gasteiger partial charge is 0.493 e. The van der Waals surface area contributed by atoms with Gasteiger partial charge in [-0.15, -0.1) is 0 Å². The minimum atomic E-state index is -0.859. The lowest BCUT2D eigenvalue weighted by molar-refractivity contribution is -0.138. The van der Waals surface area contributed by atoms with Gasteiger partial charge in [-0.2, -0.15) is 5.10 Å². The lowest BCUT2D eigenvalue weighted by atomic mass is 9.95. The van der Waals surface area contributed by atoms with Crippen LogP contribution in [0.2, 0.25) is 0 Å². The van der Waals surface area contributed by atoms with Crippen molar-refractivity contribution in [1.29, 1.82) is 0 Å². The van der Waals surface area contributed by atoms with E-state index in [4.69, 9.17) is 24.3 Å². The SMILES string of the molecule is C=CCOC(=O)C1=C(C)N=c2s/c(=C\c3cn(-c4ccccc4)nc3-c3ccc(OCCC)c(C)c3)c(=O)n2C1c1ccc(C(=O)OC)cc1. The third kappa shape index (κ3) is 6.72. The van der Waals surface area contributed by atoms with Gasteiger partial charge in [0.1, 0.15) is 18.1 Å². The van der Waals surface area contributed by atoms with Crippen LogP contribution >= 0.6 is 11.3 Å². The monoisotopic (exact) mass is 688 g/mol. The molecule has 11 heteroatoms. The van der Waals surface area contributed by atoms with Crippen LogP contribution in [0.25, 0.3) is 23.0 Å². The van der Waals surface area contributed by atoms with Crippen LogP contribution in [0.15, 0.2) is 113 Å². The van der Waals surface area contributed by atoms with Crippen LogP contribution in [0.1, 0.15) is 53.4 Å². The second kappa shape index (κ2) is 14.8. The van der Waals surface area contributed by atoms with Crippen molar-refractivity contribution in [3.63, 3.8) is 0 Å². The average molecular weight is 689 g/mol. The van der Waals surface area contributed by atoms with Gasteiger partial charge in [0.05, 0.1) is 46.8 Å². The van der Waals surface area contributed by atoms with Crippen molar-refractivity contribution >= 4 is 29.4 Å². The lowest BCUT2D eigenvalue weighted by Crippen LogP contribution is -2.40. The van der Waals surface area contributed by atoms with Crippen molar-refractivity contribution in [2.45, 2.75) is 33.2 Å². The average Bonchev–Trinajstić information content (AvgIpc) is 3.69. The van der Waals surface area contributed by atoms with E-state index in [-0.39, 0.29) is 17.7 Å². The Balaban J connectivity index is 1.52. The van der Waals surface area contributed by atoms with Crippen LogP contribution in [0.3, 0.4) is 0 Å². The zero-order valence-corrected chi connectivity index (χ0v) is 29.0. The topological polar surface area (TPSA) is 114 Å². The van der Waals surface area contributed by atoms with Crippen molar-refractivity contribution in [3.05, 3.63) is 145 Å². The number of benzene rings is 3. The van der Waals surface area contributed by atoms with Gasteiger partial charge < -0.3 is 14.2 Å². The lowest BCUT2D eigenvalue weighted by Gasteiger charge is -2.24. The summed E-state index contributed by atoms with van der Waals surface area (Å²) in [7, 11) is 1.31. The summed E-state index contributed by atoms with van der Waals surface area (Å²) in [4.78, 5) is 45.1. The number of nitrogens with zero attached hydrogens (tertiary/aromatic N) is 4. The Labute approximate surface area is 292 Å². The Bertz CT molecular complexity index is 2300. The number of rotatable bonds is 11. The zero-order chi connectivity index (χ0) is 35.4. The van der Waals surface area contributed by atoms with Gasteiger partial charge in [-0.3, -0.25) is 9.36 Å². The smallest absolute Gasteiger partial charge is 0.338 e. The van der Waals surface area contributed by atoms with Gasteiger partial charge in [0.25, 0.3) is 5.56 Å². The molecule has 6 rings (SSSR count). The molecule has 254 valence electrons. The molecule has 0 saturated carbocycles. The summed E-state index contributed by atoms with van der Waals surface area (Å²) >= 11 is 1.22. The van der Waals surface area contributed by atoms with Crippen LogP contribution in [0.4, 0.5) is 0 Å². The van der Waals surface area contributed by atoms with Crippen LogP contribution in [0, 0.1) is 6.92 Å². The summed E-state index contributed by atoms with van der Waals surface area (Å²) in [5, 5.41) is 4.96. The van der Waals surface area contributed by atoms with E-state index >= 15 is 0 Å². The van der Waals surface area contributed by atoms with Gasteiger partial charge in [0.15, 0.2) is 4.80 Å². The highest BCUT2D eigenvalue weighted by Gasteiger charge is 2.33. The molecule has 1 aliphatic rings. The number of para-hydroxylation sites is 1. The first-order chi connectivity index (χ1) is 24.2. The van der Waals surface area contributed by atoms with Crippen molar-refractivity contribution in [2.24, 2.45) is 4.99 Å². The maximum Gasteiger partial charge on any atom is 0.338 e. The molecule has 3 aromatic carbocycles.